The van der Waals surface area contributed by atoms with Gasteiger partial charge in [-0.15, -0.1) is 0 Å². The maximum absolute atomic E-state index is 11.2. The monoisotopic (exact) mass is 365 g/mol. The number of carbonyl (C=O) groups is 1. The van der Waals surface area contributed by atoms with Gasteiger partial charge in [0.1, 0.15) is 11.8 Å². The quantitative estimate of drug-likeness (QED) is 0.631. The number of carbonyl (C=O) groups excluding carboxylic acids is 1. The van der Waals surface area contributed by atoms with Crippen LogP contribution in [-0.2, 0) is 6.54 Å². The van der Waals surface area contributed by atoms with Crippen molar-refractivity contribution in [3.63, 3.8) is 0 Å². The summed E-state index contributed by atoms with van der Waals surface area (Å²) in [6, 6.07) is 9.41. The van der Waals surface area contributed by atoms with Gasteiger partial charge in [0.2, 0.25) is 5.91 Å². The molecule has 140 valence electrons. The number of hydrogen-bond acceptors (Lipinski definition) is 6. The van der Waals surface area contributed by atoms with Crippen molar-refractivity contribution < 1.29 is 4.79 Å². The molecular formula is C19H23N7O. The van der Waals surface area contributed by atoms with Crippen LogP contribution in [0, 0.1) is 0 Å². The maximum Gasteiger partial charge on any atom is 0.248 e. The zero-order chi connectivity index (χ0) is 18.8. The van der Waals surface area contributed by atoms with E-state index in [4.69, 9.17) is 11.5 Å². The number of anilines is 2. The number of nitrogens with two attached hydrogens (primary N) is 2. The smallest absolute Gasteiger partial charge is 0.248 e. The van der Waals surface area contributed by atoms with E-state index in [1.54, 1.807) is 12.1 Å². The normalized spacial score (nSPS) is 15.9. The topological polar surface area (TPSA) is 115 Å². The third-order valence-electron chi connectivity index (χ3n) is 5.00. The fourth-order valence-electron chi connectivity index (χ4n) is 3.44. The Morgan fingerprint density at radius 2 is 1.93 bits per heavy atom. The lowest BCUT2D eigenvalue weighted by atomic mass is 10.1. The number of piperidine rings is 1. The van der Waals surface area contributed by atoms with E-state index < -0.39 is 5.91 Å². The highest BCUT2D eigenvalue weighted by molar-refractivity contribution is 5.93. The van der Waals surface area contributed by atoms with Gasteiger partial charge in [0, 0.05) is 30.0 Å². The number of primary amides is 1. The number of nitrogens with zero attached hydrogens (tertiary/aromatic N) is 4. The molecule has 0 spiro atoms. The van der Waals surface area contributed by atoms with Crippen LogP contribution < -0.4 is 16.8 Å². The number of likely N-dealkylation sites (tertiary alicyclic amines) is 1. The molecule has 1 aliphatic rings. The number of aromatic nitrogens is 3. The lowest BCUT2D eigenvalue weighted by Gasteiger charge is -2.29. The third-order valence-corrected chi connectivity index (χ3v) is 5.00. The van der Waals surface area contributed by atoms with Gasteiger partial charge in [-0.25, -0.2) is 9.50 Å². The van der Waals surface area contributed by atoms with Crippen LogP contribution in [0.4, 0.5) is 11.5 Å². The lowest BCUT2D eigenvalue weighted by molar-refractivity contribution is 0.100. The Hall–Kier alpha value is -2.97. The average molecular weight is 365 g/mol. The highest BCUT2D eigenvalue weighted by Gasteiger charge is 2.18. The minimum atomic E-state index is -0.443. The SMILES string of the molecule is NC(=O)c1ccc(Nc2ncnn3ccc(CN4CCC(N)CC4)c23)cc1. The minimum Gasteiger partial charge on any atom is -0.366 e. The number of hydrogen-bond donors (Lipinski definition) is 3. The van der Waals surface area contributed by atoms with Gasteiger partial charge in [-0.05, 0) is 61.8 Å². The molecule has 1 aromatic carbocycles. The molecule has 0 saturated carbocycles. The average Bonchev–Trinajstić information content (AvgIpc) is 3.08. The Bertz CT molecular complexity index is 942. The molecule has 3 heterocycles. The van der Waals surface area contributed by atoms with E-state index in [0.29, 0.717) is 11.6 Å². The Kier molecular flexibility index (Phi) is 4.74. The van der Waals surface area contributed by atoms with Crippen LogP contribution in [0.15, 0.2) is 42.9 Å². The van der Waals surface area contributed by atoms with Crippen molar-refractivity contribution in [2.24, 2.45) is 11.5 Å². The van der Waals surface area contributed by atoms with Crippen molar-refractivity contribution in [2.75, 3.05) is 18.4 Å². The first-order valence-corrected chi connectivity index (χ1v) is 9.06. The molecule has 0 unspecified atom stereocenters. The Balaban J connectivity index is 1.59. The first kappa shape index (κ1) is 17.4. The zero-order valence-corrected chi connectivity index (χ0v) is 15.0. The van der Waals surface area contributed by atoms with Gasteiger partial charge in [0.25, 0.3) is 0 Å². The number of rotatable bonds is 5. The molecular weight excluding hydrogens is 342 g/mol. The van der Waals surface area contributed by atoms with E-state index in [0.717, 1.165) is 49.5 Å². The molecule has 3 aromatic rings. The van der Waals surface area contributed by atoms with Gasteiger partial charge >= 0.3 is 0 Å². The number of fused-ring (bicyclic) bond motifs is 1. The fraction of sp³-hybridized carbons (Fsp3) is 0.316. The highest BCUT2D eigenvalue weighted by atomic mass is 16.1. The van der Waals surface area contributed by atoms with Crippen LogP contribution in [-0.4, -0.2) is 44.5 Å². The van der Waals surface area contributed by atoms with Gasteiger partial charge in [0.15, 0.2) is 5.82 Å². The summed E-state index contributed by atoms with van der Waals surface area (Å²) in [5, 5.41) is 7.63. The predicted molar refractivity (Wildman–Crippen MR) is 104 cm³/mol. The molecule has 1 saturated heterocycles. The molecule has 4 rings (SSSR count). The zero-order valence-electron chi connectivity index (χ0n) is 15.0. The Morgan fingerprint density at radius 1 is 1.19 bits per heavy atom. The second kappa shape index (κ2) is 7.34. The van der Waals surface area contributed by atoms with Crippen molar-refractivity contribution in [2.45, 2.75) is 25.4 Å². The summed E-state index contributed by atoms with van der Waals surface area (Å²) in [7, 11) is 0. The minimum absolute atomic E-state index is 0.316. The highest BCUT2D eigenvalue weighted by Crippen LogP contribution is 2.25. The predicted octanol–water partition coefficient (Wildman–Crippen LogP) is 1.49. The molecule has 8 nitrogen and oxygen atoms in total. The van der Waals surface area contributed by atoms with Crippen LogP contribution in [0.1, 0.15) is 28.8 Å². The maximum atomic E-state index is 11.2. The van der Waals surface area contributed by atoms with Gasteiger partial charge in [-0.2, -0.15) is 5.10 Å². The van der Waals surface area contributed by atoms with E-state index >= 15 is 0 Å². The molecule has 0 bridgehead atoms. The summed E-state index contributed by atoms with van der Waals surface area (Å²) in [4.78, 5) is 18.1. The molecule has 2 aromatic heterocycles. The Labute approximate surface area is 157 Å². The van der Waals surface area contributed by atoms with Crippen molar-refractivity contribution in [1.29, 1.82) is 0 Å². The van der Waals surface area contributed by atoms with Crippen LogP contribution in [0.2, 0.25) is 0 Å². The standard InChI is InChI=1S/C19H23N7O/c20-15-6-8-25(9-7-15)11-14-5-10-26-17(14)19(22-12-23-26)24-16-3-1-13(2-4-16)18(21)27/h1-5,10,12,15H,6-9,11,20H2,(H2,21,27)(H,22,23,24). The fourth-order valence-corrected chi connectivity index (χ4v) is 3.44. The largest absolute Gasteiger partial charge is 0.366 e. The summed E-state index contributed by atoms with van der Waals surface area (Å²) in [6.45, 7) is 2.85. The van der Waals surface area contributed by atoms with Crippen LogP contribution in [0.25, 0.3) is 5.52 Å². The van der Waals surface area contributed by atoms with Crippen LogP contribution in [0.5, 0.6) is 0 Å². The summed E-state index contributed by atoms with van der Waals surface area (Å²) < 4.78 is 1.83. The van der Waals surface area contributed by atoms with Crippen LogP contribution in [0.3, 0.4) is 0 Å². The van der Waals surface area contributed by atoms with Gasteiger partial charge in [0.05, 0.1) is 0 Å². The first-order chi connectivity index (χ1) is 13.1. The van der Waals surface area contributed by atoms with Gasteiger partial charge in [-0.3, -0.25) is 9.69 Å². The van der Waals surface area contributed by atoms with E-state index in [1.165, 1.54) is 11.9 Å². The molecule has 1 fully saturated rings. The molecule has 27 heavy (non-hydrogen) atoms. The second-order valence-corrected chi connectivity index (χ2v) is 6.92. The van der Waals surface area contributed by atoms with Crippen molar-refractivity contribution >= 4 is 22.9 Å². The number of amides is 1. The summed E-state index contributed by atoms with van der Waals surface area (Å²) in [5.74, 6) is 0.284. The van der Waals surface area contributed by atoms with E-state index in [-0.39, 0.29) is 0 Å². The number of benzene rings is 1. The third kappa shape index (κ3) is 3.76. The van der Waals surface area contributed by atoms with E-state index in [1.807, 2.05) is 22.8 Å². The van der Waals surface area contributed by atoms with Gasteiger partial charge < -0.3 is 16.8 Å². The van der Waals surface area contributed by atoms with Crippen molar-refractivity contribution in [1.82, 2.24) is 19.5 Å². The molecule has 1 amide bonds. The van der Waals surface area contributed by atoms with Crippen molar-refractivity contribution in [3.8, 4) is 0 Å². The van der Waals surface area contributed by atoms with E-state index in [2.05, 4.69) is 26.4 Å². The lowest BCUT2D eigenvalue weighted by Crippen LogP contribution is -2.39. The molecule has 0 aliphatic carbocycles. The molecule has 1 aliphatic heterocycles. The molecule has 0 radical (unpaired) electrons. The second-order valence-electron chi connectivity index (χ2n) is 6.92. The summed E-state index contributed by atoms with van der Waals surface area (Å²) >= 11 is 0. The van der Waals surface area contributed by atoms with Crippen molar-refractivity contribution in [3.05, 3.63) is 54.0 Å². The number of nitrogens with one attached hydrogen (secondary N) is 1. The Morgan fingerprint density at radius 3 is 2.63 bits per heavy atom. The molecule has 8 heteroatoms. The van der Waals surface area contributed by atoms with E-state index in [9.17, 15) is 4.79 Å². The first-order valence-electron chi connectivity index (χ1n) is 9.06. The summed E-state index contributed by atoms with van der Waals surface area (Å²) in [6.07, 6.45) is 5.53. The molecule has 0 atom stereocenters. The van der Waals surface area contributed by atoms with Gasteiger partial charge in [-0.1, -0.05) is 0 Å². The molecule has 5 N–H and O–H groups in total. The van der Waals surface area contributed by atoms with Crippen LogP contribution >= 0.6 is 0 Å². The summed E-state index contributed by atoms with van der Waals surface area (Å²) in [5.41, 5.74) is 14.7.